The minimum atomic E-state index is -0.452. The Balaban J connectivity index is 1.89. The van der Waals surface area contributed by atoms with Crippen LogP contribution in [0, 0.1) is 6.92 Å². The zero-order chi connectivity index (χ0) is 22.7. The molecule has 0 saturated carbocycles. The molecule has 0 spiro atoms. The number of nitrogens with one attached hydrogen (secondary N) is 1. The number of rotatable bonds is 7. The molecular weight excluding hydrogens is 404 g/mol. The Kier molecular flexibility index (Phi) is 5.94. The predicted molar refractivity (Wildman–Crippen MR) is 125 cm³/mol. The monoisotopic (exact) mass is 428 g/mol. The summed E-state index contributed by atoms with van der Waals surface area (Å²) in [6, 6.07) is 21.8. The molecule has 32 heavy (non-hydrogen) atoms. The summed E-state index contributed by atoms with van der Waals surface area (Å²) in [7, 11) is 1.54. The maximum absolute atomic E-state index is 13.7. The van der Waals surface area contributed by atoms with E-state index < -0.39 is 11.8 Å². The highest BCUT2D eigenvalue weighted by molar-refractivity contribution is 6.46. The molecule has 1 aliphatic rings. The molecule has 0 fully saturated rings. The summed E-state index contributed by atoms with van der Waals surface area (Å²) in [4.78, 5) is 28.5. The van der Waals surface area contributed by atoms with Gasteiger partial charge in [0.1, 0.15) is 17.2 Å². The van der Waals surface area contributed by atoms with Gasteiger partial charge in [-0.05, 0) is 43.7 Å². The van der Waals surface area contributed by atoms with Crippen molar-refractivity contribution in [3.8, 4) is 11.5 Å². The molecule has 0 atom stereocenters. The fourth-order valence-electron chi connectivity index (χ4n) is 3.73. The van der Waals surface area contributed by atoms with Gasteiger partial charge in [-0.2, -0.15) is 0 Å². The summed E-state index contributed by atoms with van der Waals surface area (Å²) < 4.78 is 11.2. The number of para-hydroxylation sites is 4. The van der Waals surface area contributed by atoms with Gasteiger partial charge in [-0.15, -0.1) is 0 Å². The van der Waals surface area contributed by atoms with E-state index in [-0.39, 0.29) is 11.3 Å². The quantitative estimate of drug-likeness (QED) is 0.548. The van der Waals surface area contributed by atoms with Gasteiger partial charge in [0.05, 0.1) is 25.0 Å². The minimum absolute atomic E-state index is 0.195. The molecule has 6 nitrogen and oxygen atoms in total. The van der Waals surface area contributed by atoms with E-state index in [0.29, 0.717) is 29.4 Å². The molecule has 2 amide bonds. The maximum atomic E-state index is 13.7. The van der Waals surface area contributed by atoms with Crippen LogP contribution in [0.15, 0.2) is 78.5 Å². The molecule has 162 valence electrons. The van der Waals surface area contributed by atoms with E-state index in [9.17, 15) is 9.59 Å². The Morgan fingerprint density at radius 3 is 2.22 bits per heavy atom. The predicted octanol–water partition coefficient (Wildman–Crippen LogP) is 4.80. The number of ether oxygens (including phenoxy) is 2. The first-order valence-corrected chi connectivity index (χ1v) is 10.4. The van der Waals surface area contributed by atoms with E-state index in [1.165, 1.54) is 7.11 Å². The van der Waals surface area contributed by atoms with Crippen LogP contribution in [0.4, 0.5) is 11.4 Å². The lowest BCUT2D eigenvalue weighted by Gasteiger charge is -2.19. The van der Waals surface area contributed by atoms with Gasteiger partial charge in [0.15, 0.2) is 0 Å². The molecule has 0 saturated heterocycles. The average Bonchev–Trinajstić information content (AvgIpc) is 3.05. The Bertz CT molecular complexity index is 1220. The van der Waals surface area contributed by atoms with Crippen molar-refractivity contribution in [2.75, 3.05) is 23.9 Å². The van der Waals surface area contributed by atoms with Crippen molar-refractivity contribution in [3.63, 3.8) is 0 Å². The molecule has 1 heterocycles. The molecule has 3 aromatic rings. The number of anilines is 2. The third-order valence-electron chi connectivity index (χ3n) is 5.27. The molecule has 0 aromatic heterocycles. The highest BCUT2D eigenvalue weighted by Gasteiger charge is 2.42. The van der Waals surface area contributed by atoms with Crippen molar-refractivity contribution in [2.45, 2.75) is 13.8 Å². The topological polar surface area (TPSA) is 67.9 Å². The van der Waals surface area contributed by atoms with Crippen LogP contribution in [0.2, 0.25) is 0 Å². The summed E-state index contributed by atoms with van der Waals surface area (Å²) in [6.07, 6.45) is 0. The first-order chi connectivity index (χ1) is 15.6. The number of hydrogen-bond donors (Lipinski definition) is 1. The fourth-order valence-corrected chi connectivity index (χ4v) is 3.73. The number of carbonyl (C=O) groups excluding carboxylic acids is 2. The summed E-state index contributed by atoms with van der Waals surface area (Å²) in [5.74, 6) is 0.0787. The molecule has 0 radical (unpaired) electrons. The number of benzene rings is 3. The van der Waals surface area contributed by atoms with Gasteiger partial charge in [-0.1, -0.05) is 48.5 Å². The number of amides is 2. The summed E-state index contributed by atoms with van der Waals surface area (Å²) in [6.45, 7) is 4.21. The molecule has 1 aliphatic heterocycles. The first-order valence-electron chi connectivity index (χ1n) is 10.4. The van der Waals surface area contributed by atoms with Crippen molar-refractivity contribution >= 4 is 28.8 Å². The third kappa shape index (κ3) is 3.71. The van der Waals surface area contributed by atoms with Gasteiger partial charge >= 0.3 is 0 Å². The van der Waals surface area contributed by atoms with Crippen LogP contribution in [-0.4, -0.2) is 25.5 Å². The standard InChI is InChI=1S/C26H24N2O4/c1-4-32-22-16-10-8-14-20(22)28-25(29)23(18-12-6-9-15-21(18)31-3)24(26(28)30)27-19-13-7-5-11-17(19)2/h5-16,27H,4H2,1-3H3. The largest absolute Gasteiger partial charge is 0.496 e. The Hall–Kier alpha value is -4.06. The number of aryl methyl sites for hydroxylation is 1. The van der Waals surface area contributed by atoms with Crippen LogP contribution in [0.5, 0.6) is 11.5 Å². The van der Waals surface area contributed by atoms with Gasteiger partial charge in [0.25, 0.3) is 11.8 Å². The van der Waals surface area contributed by atoms with E-state index >= 15 is 0 Å². The molecule has 4 rings (SSSR count). The SMILES string of the molecule is CCOc1ccccc1N1C(=O)C(Nc2ccccc2C)=C(c2ccccc2OC)C1=O. The Labute approximate surface area is 187 Å². The summed E-state index contributed by atoms with van der Waals surface area (Å²) in [5.41, 5.74) is 3.09. The van der Waals surface area contributed by atoms with Crippen LogP contribution in [-0.2, 0) is 9.59 Å². The lowest BCUT2D eigenvalue weighted by atomic mass is 10.0. The molecule has 0 bridgehead atoms. The number of carbonyl (C=O) groups is 2. The normalized spacial score (nSPS) is 13.5. The van der Waals surface area contributed by atoms with Crippen molar-refractivity contribution < 1.29 is 19.1 Å². The molecule has 1 N–H and O–H groups in total. The zero-order valence-electron chi connectivity index (χ0n) is 18.2. The van der Waals surface area contributed by atoms with E-state index in [0.717, 1.165) is 16.2 Å². The van der Waals surface area contributed by atoms with Crippen molar-refractivity contribution in [3.05, 3.63) is 89.6 Å². The second kappa shape index (κ2) is 8.98. The fraction of sp³-hybridized carbons (Fsp3) is 0.154. The molecule has 0 aliphatic carbocycles. The highest BCUT2D eigenvalue weighted by Crippen LogP contribution is 2.40. The maximum Gasteiger partial charge on any atom is 0.282 e. The molecule has 3 aromatic carbocycles. The number of nitrogens with zero attached hydrogens (tertiary/aromatic N) is 1. The Morgan fingerprint density at radius 1 is 0.844 bits per heavy atom. The van der Waals surface area contributed by atoms with Crippen LogP contribution >= 0.6 is 0 Å². The minimum Gasteiger partial charge on any atom is -0.496 e. The van der Waals surface area contributed by atoms with E-state index in [1.54, 1.807) is 36.4 Å². The molecule has 0 unspecified atom stereocenters. The average molecular weight is 428 g/mol. The number of hydrogen-bond acceptors (Lipinski definition) is 5. The van der Waals surface area contributed by atoms with Crippen LogP contribution in [0.1, 0.15) is 18.1 Å². The van der Waals surface area contributed by atoms with Gasteiger partial charge in [-0.3, -0.25) is 9.59 Å². The lowest BCUT2D eigenvalue weighted by molar-refractivity contribution is -0.120. The smallest absolute Gasteiger partial charge is 0.282 e. The highest BCUT2D eigenvalue weighted by atomic mass is 16.5. The Morgan fingerprint density at radius 2 is 1.50 bits per heavy atom. The number of methoxy groups -OCH3 is 1. The van der Waals surface area contributed by atoms with Crippen LogP contribution in [0.25, 0.3) is 5.57 Å². The second-order valence-electron chi connectivity index (χ2n) is 7.24. The van der Waals surface area contributed by atoms with Gasteiger partial charge in [-0.25, -0.2) is 4.90 Å². The third-order valence-corrected chi connectivity index (χ3v) is 5.27. The van der Waals surface area contributed by atoms with Gasteiger partial charge < -0.3 is 14.8 Å². The lowest BCUT2D eigenvalue weighted by Crippen LogP contribution is -2.32. The first kappa shape index (κ1) is 21.2. The van der Waals surface area contributed by atoms with E-state index in [4.69, 9.17) is 9.47 Å². The van der Waals surface area contributed by atoms with Gasteiger partial charge in [0, 0.05) is 11.3 Å². The van der Waals surface area contributed by atoms with Crippen molar-refractivity contribution in [1.29, 1.82) is 0 Å². The van der Waals surface area contributed by atoms with Crippen LogP contribution in [0.3, 0.4) is 0 Å². The van der Waals surface area contributed by atoms with Crippen molar-refractivity contribution in [2.24, 2.45) is 0 Å². The second-order valence-corrected chi connectivity index (χ2v) is 7.24. The molecule has 6 heteroatoms. The summed E-state index contributed by atoms with van der Waals surface area (Å²) in [5, 5.41) is 3.21. The van der Waals surface area contributed by atoms with E-state index in [1.807, 2.05) is 50.2 Å². The summed E-state index contributed by atoms with van der Waals surface area (Å²) >= 11 is 0. The molecular formula is C26H24N2O4. The zero-order valence-corrected chi connectivity index (χ0v) is 18.2. The van der Waals surface area contributed by atoms with E-state index in [2.05, 4.69) is 5.32 Å². The van der Waals surface area contributed by atoms with Gasteiger partial charge in [0.2, 0.25) is 0 Å². The number of imide groups is 1. The van der Waals surface area contributed by atoms with Crippen molar-refractivity contribution in [1.82, 2.24) is 0 Å². The van der Waals surface area contributed by atoms with Crippen LogP contribution < -0.4 is 19.7 Å².